The summed E-state index contributed by atoms with van der Waals surface area (Å²) in [5.41, 5.74) is 0. The fourth-order valence-electron chi connectivity index (χ4n) is 3.68. The predicted molar refractivity (Wildman–Crippen MR) is 111 cm³/mol. The van der Waals surface area contributed by atoms with E-state index in [2.05, 4.69) is 51.1 Å². The number of unbranched alkanes of at least 4 members (excludes halogenated alkanes) is 9. The Bertz CT molecular complexity index is 367. The number of rotatable bonds is 14. The number of benzene rings is 1. The van der Waals surface area contributed by atoms with E-state index in [-0.39, 0.29) is 0 Å². The lowest BCUT2D eigenvalue weighted by Crippen LogP contribution is -2.18. The fraction of sp³-hybridized carbons (Fsp3) is 0.727. The second kappa shape index (κ2) is 13.0. The molecule has 0 fully saturated rings. The van der Waals surface area contributed by atoms with Crippen LogP contribution < -0.4 is 5.30 Å². The molecule has 0 radical (unpaired) electrons. The van der Waals surface area contributed by atoms with Gasteiger partial charge in [0.1, 0.15) is 0 Å². The minimum Gasteiger partial charge on any atom is -0.0654 e. The maximum absolute atomic E-state index is 2.42. The van der Waals surface area contributed by atoms with Crippen LogP contribution in [0.2, 0.25) is 0 Å². The van der Waals surface area contributed by atoms with Gasteiger partial charge in [0, 0.05) is 7.26 Å². The van der Waals surface area contributed by atoms with Gasteiger partial charge in [-0.2, -0.15) is 0 Å². The summed E-state index contributed by atoms with van der Waals surface area (Å²) in [5, 5.41) is 1.67. The summed E-state index contributed by atoms with van der Waals surface area (Å²) < 4.78 is 0. The van der Waals surface area contributed by atoms with Gasteiger partial charge in [-0.15, -0.1) is 0 Å². The van der Waals surface area contributed by atoms with Crippen molar-refractivity contribution in [2.45, 2.75) is 85.0 Å². The summed E-state index contributed by atoms with van der Waals surface area (Å²) in [4.78, 5) is 0. The Kier molecular flexibility index (Phi) is 11.7. The van der Waals surface area contributed by atoms with Crippen molar-refractivity contribution in [2.75, 3.05) is 18.5 Å². The van der Waals surface area contributed by atoms with E-state index in [4.69, 9.17) is 0 Å². The van der Waals surface area contributed by atoms with Gasteiger partial charge in [0.05, 0.1) is 23.8 Å². The molecule has 0 heterocycles. The maximum atomic E-state index is 2.42. The topological polar surface area (TPSA) is 0 Å². The van der Waals surface area contributed by atoms with E-state index in [1.807, 2.05) is 0 Å². The van der Waals surface area contributed by atoms with Crippen LogP contribution in [0, 0.1) is 0 Å². The second-order valence-corrected chi connectivity index (χ2v) is 11.5. The molecule has 0 aromatic heterocycles. The molecule has 0 saturated carbocycles. The van der Waals surface area contributed by atoms with Crippen LogP contribution in [0.3, 0.4) is 0 Å². The van der Waals surface area contributed by atoms with Crippen LogP contribution in [0.1, 0.15) is 85.0 Å². The van der Waals surface area contributed by atoms with Gasteiger partial charge in [-0.3, -0.25) is 0 Å². The summed E-state index contributed by atoms with van der Waals surface area (Å²) in [6.45, 7) is 7.13. The quantitative estimate of drug-likeness (QED) is 0.247. The molecule has 0 amide bonds. The zero-order chi connectivity index (χ0) is 16.8. The van der Waals surface area contributed by atoms with E-state index >= 15 is 0 Å². The Morgan fingerprint density at radius 2 is 1.09 bits per heavy atom. The molecule has 0 saturated heterocycles. The van der Waals surface area contributed by atoms with E-state index in [0.717, 1.165) is 0 Å². The molecule has 1 aromatic rings. The molecule has 0 nitrogen and oxygen atoms in total. The largest absolute Gasteiger partial charge is 0.0939 e. The van der Waals surface area contributed by atoms with E-state index in [9.17, 15) is 0 Å². The molecular formula is C22H40P+. The van der Waals surface area contributed by atoms with Crippen LogP contribution in [-0.4, -0.2) is 18.5 Å². The fourth-order valence-corrected chi connectivity index (χ4v) is 7.38. The Morgan fingerprint density at radius 3 is 1.57 bits per heavy atom. The van der Waals surface area contributed by atoms with Crippen LogP contribution in [0.25, 0.3) is 0 Å². The SMILES string of the molecule is CCCCCCCCCCCC[P+](CC)(CC)c1ccccc1. The van der Waals surface area contributed by atoms with Crippen molar-refractivity contribution in [1.82, 2.24) is 0 Å². The summed E-state index contributed by atoms with van der Waals surface area (Å²) in [5.74, 6) is 0. The highest BCUT2D eigenvalue weighted by atomic mass is 31.2. The first-order valence-corrected chi connectivity index (χ1v) is 12.5. The highest BCUT2D eigenvalue weighted by Crippen LogP contribution is 2.57. The first-order valence-electron chi connectivity index (χ1n) is 10.2. The average Bonchev–Trinajstić information content (AvgIpc) is 2.61. The van der Waals surface area contributed by atoms with E-state index in [1.54, 1.807) is 5.30 Å². The molecule has 0 aliphatic rings. The van der Waals surface area contributed by atoms with Crippen LogP contribution in [0.5, 0.6) is 0 Å². The zero-order valence-electron chi connectivity index (χ0n) is 16.0. The van der Waals surface area contributed by atoms with Crippen molar-refractivity contribution >= 4 is 12.6 Å². The van der Waals surface area contributed by atoms with Crippen LogP contribution in [-0.2, 0) is 0 Å². The molecule has 0 bridgehead atoms. The molecule has 0 N–H and O–H groups in total. The molecule has 0 unspecified atom stereocenters. The molecule has 0 aliphatic carbocycles. The lowest BCUT2D eigenvalue weighted by molar-refractivity contribution is 0.562. The second-order valence-electron chi connectivity index (χ2n) is 7.02. The third kappa shape index (κ3) is 7.84. The Labute approximate surface area is 146 Å². The lowest BCUT2D eigenvalue weighted by Gasteiger charge is -2.25. The zero-order valence-corrected chi connectivity index (χ0v) is 16.9. The van der Waals surface area contributed by atoms with Gasteiger partial charge in [-0.1, -0.05) is 76.5 Å². The lowest BCUT2D eigenvalue weighted by atomic mass is 10.1. The molecule has 132 valence electrons. The van der Waals surface area contributed by atoms with Gasteiger partial charge >= 0.3 is 0 Å². The van der Waals surface area contributed by atoms with Crippen LogP contribution in [0.15, 0.2) is 30.3 Å². The molecule has 1 rings (SSSR count). The van der Waals surface area contributed by atoms with E-state index in [0.29, 0.717) is 0 Å². The van der Waals surface area contributed by atoms with Gasteiger partial charge in [-0.05, 0) is 38.8 Å². The van der Waals surface area contributed by atoms with Crippen molar-refractivity contribution in [1.29, 1.82) is 0 Å². The van der Waals surface area contributed by atoms with Gasteiger partial charge in [-0.25, -0.2) is 0 Å². The molecule has 1 heteroatoms. The predicted octanol–water partition coefficient (Wildman–Crippen LogP) is 7.29. The van der Waals surface area contributed by atoms with Gasteiger partial charge in [0.2, 0.25) is 0 Å². The molecule has 23 heavy (non-hydrogen) atoms. The molecule has 0 spiro atoms. The van der Waals surface area contributed by atoms with Gasteiger partial charge < -0.3 is 0 Å². The summed E-state index contributed by atoms with van der Waals surface area (Å²) in [6, 6.07) is 11.4. The van der Waals surface area contributed by atoms with Gasteiger partial charge in [0.15, 0.2) is 0 Å². The van der Waals surface area contributed by atoms with Crippen molar-refractivity contribution in [3.05, 3.63) is 30.3 Å². The summed E-state index contributed by atoms with van der Waals surface area (Å²) >= 11 is 0. The van der Waals surface area contributed by atoms with Crippen molar-refractivity contribution < 1.29 is 0 Å². The Balaban J connectivity index is 2.19. The van der Waals surface area contributed by atoms with E-state index < -0.39 is 7.26 Å². The molecule has 0 atom stereocenters. The van der Waals surface area contributed by atoms with Crippen LogP contribution in [0.4, 0.5) is 0 Å². The standard InChI is InChI=1S/C22H40P/c1-4-7-8-9-10-11-12-13-14-18-21-23(5-2,6-3)22-19-16-15-17-20-22/h15-17,19-20H,4-14,18,21H2,1-3H3/q+1. The summed E-state index contributed by atoms with van der Waals surface area (Å²) in [7, 11) is -0.884. The van der Waals surface area contributed by atoms with Crippen molar-refractivity contribution in [2.24, 2.45) is 0 Å². The molecule has 1 aromatic carbocycles. The first kappa shape index (κ1) is 20.7. The van der Waals surface area contributed by atoms with Crippen molar-refractivity contribution in [3.8, 4) is 0 Å². The third-order valence-electron chi connectivity index (χ3n) is 5.45. The number of hydrogen-bond donors (Lipinski definition) is 0. The van der Waals surface area contributed by atoms with Gasteiger partial charge in [0.25, 0.3) is 0 Å². The Hall–Kier alpha value is -0.350. The highest BCUT2D eigenvalue weighted by Gasteiger charge is 2.35. The minimum atomic E-state index is -0.884. The normalized spacial score (nSPS) is 11.8. The smallest absolute Gasteiger partial charge is 0.0654 e. The minimum absolute atomic E-state index is 0.884. The Morgan fingerprint density at radius 1 is 0.609 bits per heavy atom. The highest BCUT2D eigenvalue weighted by molar-refractivity contribution is 7.82. The average molecular weight is 336 g/mol. The van der Waals surface area contributed by atoms with E-state index in [1.165, 1.54) is 82.7 Å². The molecule has 0 aliphatic heterocycles. The third-order valence-corrected chi connectivity index (χ3v) is 10.4. The van der Waals surface area contributed by atoms with Crippen LogP contribution >= 0.6 is 7.26 Å². The monoisotopic (exact) mass is 335 g/mol. The maximum Gasteiger partial charge on any atom is 0.0939 e. The molecular weight excluding hydrogens is 295 g/mol. The van der Waals surface area contributed by atoms with Crippen molar-refractivity contribution in [3.63, 3.8) is 0 Å². The first-order chi connectivity index (χ1) is 11.3. The summed E-state index contributed by atoms with van der Waals surface area (Å²) in [6.07, 6.45) is 18.7. The number of hydrogen-bond acceptors (Lipinski definition) is 0.